The van der Waals surface area contributed by atoms with Crippen molar-refractivity contribution in [2.75, 3.05) is 0 Å². The molecule has 6 nitrogen and oxygen atoms in total. The summed E-state index contributed by atoms with van der Waals surface area (Å²) >= 11 is 5.93. The molecule has 0 aliphatic heterocycles. The summed E-state index contributed by atoms with van der Waals surface area (Å²) in [5.41, 5.74) is 0.0736. The van der Waals surface area contributed by atoms with E-state index in [9.17, 15) is 14.9 Å². The van der Waals surface area contributed by atoms with E-state index in [-0.39, 0.29) is 28.2 Å². The van der Waals surface area contributed by atoms with Crippen molar-refractivity contribution in [2.45, 2.75) is 25.8 Å². The number of hydrogen-bond donors (Lipinski definition) is 1. The molecule has 116 valence electrons. The highest BCUT2D eigenvalue weighted by Crippen LogP contribution is 2.22. The number of hydrogen-bond acceptors (Lipinski definition) is 4. The second-order valence-electron chi connectivity index (χ2n) is 4.91. The number of nitro groups is 1. The number of amides is 1. The molecule has 0 radical (unpaired) electrons. The predicted molar refractivity (Wildman–Crippen MR) is 82.1 cm³/mol. The lowest BCUT2D eigenvalue weighted by Crippen LogP contribution is -2.33. The lowest BCUT2D eigenvalue weighted by molar-refractivity contribution is -0.384. The largest absolute Gasteiger partial charge is 0.469 e. The van der Waals surface area contributed by atoms with Gasteiger partial charge in [-0.15, -0.1) is 0 Å². The van der Waals surface area contributed by atoms with Crippen LogP contribution in [0, 0.1) is 10.1 Å². The molecule has 1 aromatic heterocycles. The highest BCUT2D eigenvalue weighted by molar-refractivity contribution is 6.34. The van der Waals surface area contributed by atoms with Crippen molar-refractivity contribution in [1.29, 1.82) is 0 Å². The number of nitro benzene ring substituents is 1. The molecular formula is C15H15ClN2O4. The molecule has 0 spiro atoms. The summed E-state index contributed by atoms with van der Waals surface area (Å²) in [4.78, 5) is 22.2. The SMILES string of the molecule is C[C@H](CCc1ccco1)NC(=O)c1ccc([N+](=O)[O-])cc1Cl. The van der Waals surface area contributed by atoms with E-state index >= 15 is 0 Å². The Labute approximate surface area is 132 Å². The summed E-state index contributed by atoms with van der Waals surface area (Å²) in [7, 11) is 0. The molecule has 7 heteroatoms. The number of nitrogens with one attached hydrogen (secondary N) is 1. The van der Waals surface area contributed by atoms with Gasteiger partial charge in [0.15, 0.2) is 0 Å². The first-order chi connectivity index (χ1) is 10.5. The molecule has 0 bridgehead atoms. The quantitative estimate of drug-likeness (QED) is 0.650. The van der Waals surface area contributed by atoms with Crippen LogP contribution < -0.4 is 5.32 Å². The summed E-state index contributed by atoms with van der Waals surface area (Å²) < 4.78 is 5.23. The van der Waals surface area contributed by atoms with Gasteiger partial charge in [-0.25, -0.2) is 0 Å². The molecule has 0 saturated heterocycles. The van der Waals surface area contributed by atoms with Gasteiger partial charge in [0, 0.05) is 24.6 Å². The van der Waals surface area contributed by atoms with Gasteiger partial charge >= 0.3 is 0 Å². The fraction of sp³-hybridized carbons (Fsp3) is 0.267. The van der Waals surface area contributed by atoms with E-state index in [0.717, 1.165) is 5.76 Å². The summed E-state index contributed by atoms with van der Waals surface area (Å²) in [5, 5.41) is 13.5. The summed E-state index contributed by atoms with van der Waals surface area (Å²) in [6.07, 6.45) is 3.03. The maximum Gasteiger partial charge on any atom is 0.270 e. The van der Waals surface area contributed by atoms with E-state index in [1.165, 1.54) is 18.2 Å². The molecule has 0 saturated carbocycles. The van der Waals surface area contributed by atoms with Crippen LogP contribution in [0.15, 0.2) is 41.0 Å². The third-order valence-electron chi connectivity index (χ3n) is 3.19. The van der Waals surface area contributed by atoms with Crippen LogP contribution in [0.25, 0.3) is 0 Å². The van der Waals surface area contributed by atoms with Crippen LogP contribution in [0.5, 0.6) is 0 Å². The first-order valence-corrected chi connectivity index (χ1v) is 7.12. The molecule has 0 unspecified atom stereocenters. The van der Waals surface area contributed by atoms with E-state index in [1.54, 1.807) is 6.26 Å². The van der Waals surface area contributed by atoms with E-state index in [2.05, 4.69) is 5.32 Å². The minimum atomic E-state index is -0.556. The predicted octanol–water partition coefficient (Wildman–Crippen LogP) is 3.59. The Kier molecular flexibility index (Phi) is 5.16. The van der Waals surface area contributed by atoms with Gasteiger partial charge in [0.2, 0.25) is 0 Å². The third kappa shape index (κ3) is 4.08. The van der Waals surface area contributed by atoms with Crippen LogP contribution in [0.4, 0.5) is 5.69 Å². The maximum absolute atomic E-state index is 12.1. The molecule has 22 heavy (non-hydrogen) atoms. The van der Waals surface area contributed by atoms with E-state index in [0.29, 0.717) is 12.8 Å². The fourth-order valence-corrected chi connectivity index (χ4v) is 2.25. The first kappa shape index (κ1) is 16.0. The smallest absolute Gasteiger partial charge is 0.270 e. The van der Waals surface area contributed by atoms with Gasteiger partial charge in [-0.05, 0) is 31.5 Å². The van der Waals surface area contributed by atoms with Gasteiger partial charge in [0.05, 0.1) is 21.8 Å². The molecule has 0 aliphatic carbocycles. The summed E-state index contributed by atoms with van der Waals surface area (Å²) in [5.74, 6) is 0.501. The number of non-ortho nitro benzene ring substituents is 1. The van der Waals surface area contributed by atoms with E-state index in [1.807, 2.05) is 19.1 Å². The van der Waals surface area contributed by atoms with Crippen LogP contribution in [0.3, 0.4) is 0 Å². The Morgan fingerprint density at radius 2 is 2.23 bits per heavy atom. The average Bonchev–Trinajstić information content (AvgIpc) is 2.98. The topological polar surface area (TPSA) is 85.4 Å². The number of halogens is 1. The molecule has 2 aromatic rings. The van der Waals surface area contributed by atoms with Crippen molar-refractivity contribution < 1.29 is 14.1 Å². The Morgan fingerprint density at radius 1 is 1.45 bits per heavy atom. The number of nitrogens with zero attached hydrogens (tertiary/aromatic N) is 1. The molecule has 0 aliphatic rings. The molecular weight excluding hydrogens is 308 g/mol. The maximum atomic E-state index is 12.1. The van der Waals surface area contributed by atoms with Crippen molar-refractivity contribution in [2.24, 2.45) is 0 Å². The zero-order chi connectivity index (χ0) is 16.1. The van der Waals surface area contributed by atoms with Gasteiger partial charge in [0.25, 0.3) is 11.6 Å². The lowest BCUT2D eigenvalue weighted by Gasteiger charge is -2.13. The van der Waals surface area contributed by atoms with Crippen LogP contribution in [0.2, 0.25) is 5.02 Å². The van der Waals surface area contributed by atoms with Gasteiger partial charge in [-0.2, -0.15) is 0 Å². The molecule has 0 fully saturated rings. The monoisotopic (exact) mass is 322 g/mol. The Morgan fingerprint density at radius 3 is 2.82 bits per heavy atom. The van der Waals surface area contributed by atoms with Gasteiger partial charge in [-0.1, -0.05) is 11.6 Å². The van der Waals surface area contributed by atoms with E-state index in [4.69, 9.17) is 16.0 Å². The zero-order valence-electron chi connectivity index (χ0n) is 11.9. The number of furan rings is 1. The summed E-state index contributed by atoms with van der Waals surface area (Å²) in [6.45, 7) is 1.88. The van der Waals surface area contributed by atoms with Crippen LogP contribution >= 0.6 is 11.6 Å². The number of aryl methyl sites for hydroxylation is 1. The molecule has 1 atom stereocenters. The van der Waals surface area contributed by atoms with Crippen LogP contribution in [-0.2, 0) is 6.42 Å². The van der Waals surface area contributed by atoms with Crippen molar-refractivity contribution in [1.82, 2.24) is 5.32 Å². The molecule has 1 amide bonds. The highest BCUT2D eigenvalue weighted by Gasteiger charge is 2.16. The number of carbonyl (C=O) groups is 1. The summed E-state index contributed by atoms with van der Waals surface area (Å²) in [6, 6.07) is 7.40. The van der Waals surface area contributed by atoms with Crippen molar-refractivity contribution in [3.8, 4) is 0 Å². The number of carbonyl (C=O) groups excluding carboxylic acids is 1. The molecule has 1 N–H and O–H groups in total. The van der Waals surface area contributed by atoms with Gasteiger partial charge < -0.3 is 9.73 Å². The Hall–Kier alpha value is -2.34. The first-order valence-electron chi connectivity index (χ1n) is 6.74. The van der Waals surface area contributed by atoms with Crippen molar-refractivity contribution >= 4 is 23.2 Å². The van der Waals surface area contributed by atoms with Crippen LogP contribution in [0.1, 0.15) is 29.5 Å². The zero-order valence-corrected chi connectivity index (χ0v) is 12.7. The van der Waals surface area contributed by atoms with Gasteiger partial charge in [-0.3, -0.25) is 14.9 Å². The lowest BCUT2D eigenvalue weighted by atomic mass is 10.1. The number of benzene rings is 1. The minimum Gasteiger partial charge on any atom is -0.469 e. The van der Waals surface area contributed by atoms with Crippen LogP contribution in [-0.4, -0.2) is 16.9 Å². The Balaban J connectivity index is 1.95. The van der Waals surface area contributed by atoms with Gasteiger partial charge in [0.1, 0.15) is 5.76 Å². The van der Waals surface area contributed by atoms with E-state index < -0.39 is 4.92 Å². The number of rotatable bonds is 6. The second-order valence-corrected chi connectivity index (χ2v) is 5.32. The Bertz CT molecular complexity index is 670. The molecule has 1 aromatic carbocycles. The van der Waals surface area contributed by atoms with Crippen molar-refractivity contribution in [3.05, 3.63) is 63.1 Å². The fourth-order valence-electron chi connectivity index (χ4n) is 1.99. The average molecular weight is 323 g/mol. The molecule has 1 heterocycles. The normalized spacial score (nSPS) is 11.9. The second kappa shape index (κ2) is 7.09. The third-order valence-corrected chi connectivity index (χ3v) is 3.50. The molecule has 2 rings (SSSR count). The standard InChI is InChI=1S/C15H15ClN2O4/c1-10(4-6-12-3-2-8-22-12)17-15(19)13-7-5-11(18(20)21)9-14(13)16/h2-3,5,7-10H,4,6H2,1H3,(H,17,19)/t10-/m1/s1. The highest BCUT2D eigenvalue weighted by atomic mass is 35.5. The van der Waals surface area contributed by atoms with Crippen molar-refractivity contribution in [3.63, 3.8) is 0 Å². The minimum absolute atomic E-state index is 0.0601.